The molecule has 0 aliphatic rings. The summed E-state index contributed by atoms with van der Waals surface area (Å²) in [5, 5.41) is 8.69. The number of benzene rings is 1. The summed E-state index contributed by atoms with van der Waals surface area (Å²) < 4.78 is 3.33. The number of rotatable bonds is 6. The molecule has 28 heavy (non-hydrogen) atoms. The summed E-state index contributed by atoms with van der Waals surface area (Å²) in [6.45, 7) is 7.02. The molecule has 3 aromatic rings. The van der Waals surface area contributed by atoms with Gasteiger partial charge in [0.2, 0.25) is 5.91 Å². The largest absolute Gasteiger partial charge is 0.353 e. The molecule has 0 saturated carbocycles. The maximum atomic E-state index is 13.1. The van der Waals surface area contributed by atoms with Crippen LogP contribution in [0.15, 0.2) is 41.3 Å². The summed E-state index contributed by atoms with van der Waals surface area (Å²) in [5.41, 5.74) is 2.18. The molecule has 0 spiro atoms. The first-order valence-corrected chi connectivity index (χ1v) is 9.40. The van der Waals surface area contributed by atoms with Gasteiger partial charge in [0.15, 0.2) is 0 Å². The van der Waals surface area contributed by atoms with Crippen LogP contribution >= 0.6 is 0 Å². The minimum absolute atomic E-state index is 0.0651. The van der Waals surface area contributed by atoms with Gasteiger partial charge >= 0.3 is 0 Å². The number of nitrogens with one attached hydrogen (secondary N) is 1. The standard InChI is InChI=1S/C21H27N5O2/c1-14-18-13-23-26(17-9-7-6-8-10-17)21(28)19(18)15(2)25(14)16(3)20(27)22-11-12-24(4)5/h6-10,13,16H,11-12H2,1-5H3,(H,22,27). The van der Waals surface area contributed by atoms with Crippen LogP contribution in [-0.4, -0.2) is 52.3 Å². The molecule has 0 aliphatic heterocycles. The van der Waals surface area contributed by atoms with Gasteiger partial charge in [-0.2, -0.15) is 9.78 Å². The molecule has 1 aromatic carbocycles. The number of aryl methyl sites for hydroxylation is 2. The van der Waals surface area contributed by atoms with Crippen molar-refractivity contribution in [2.24, 2.45) is 0 Å². The Kier molecular flexibility index (Phi) is 5.65. The molecule has 7 heteroatoms. The Bertz CT molecular complexity index is 1050. The van der Waals surface area contributed by atoms with E-state index in [9.17, 15) is 9.59 Å². The van der Waals surface area contributed by atoms with Crippen LogP contribution in [0.4, 0.5) is 0 Å². The Morgan fingerprint density at radius 1 is 1.18 bits per heavy atom. The highest BCUT2D eigenvalue weighted by atomic mass is 16.2. The van der Waals surface area contributed by atoms with Crippen LogP contribution in [0.3, 0.4) is 0 Å². The second kappa shape index (κ2) is 7.98. The van der Waals surface area contributed by atoms with Gasteiger partial charge < -0.3 is 14.8 Å². The van der Waals surface area contributed by atoms with E-state index in [-0.39, 0.29) is 11.5 Å². The molecule has 0 fully saturated rings. The third-order valence-electron chi connectivity index (χ3n) is 5.08. The Hall–Kier alpha value is -2.93. The molecule has 1 amide bonds. The second-order valence-electron chi connectivity index (χ2n) is 7.30. The zero-order valence-corrected chi connectivity index (χ0v) is 17.1. The molecule has 2 heterocycles. The summed E-state index contributed by atoms with van der Waals surface area (Å²) in [6, 6.07) is 8.92. The van der Waals surface area contributed by atoms with E-state index in [1.54, 1.807) is 6.20 Å². The van der Waals surface area contributed by atoms with E-state index in [0.717, 1.165) is 23.3 Å². The van der Waals surface area contributed by atoms with E-state index in [0.29, 0.717) is 17.6 Å². The number of likely N-dealkylation sites (N-methyl/N-ethyl adjacent to an activating group) is 1. The predicted octanol–water partition coefficient (Wildman–Crippen LogP) is 2.04. The van der Waals surface area contributed by atoms with E-state index in [1.165, 1.54) is 4.68 Å². The number of amides is 1. The van der Waals surface area contributed by atoms with Crippen LogP contribution in [0, 0.1) is 13.8 Å². The Labute approximate surface area is 164 Å². The van der Waals surface area contributed by atoms with E-state index in [2.05, 4.69) is 10.4 Å². The van der Waals surface area contributed by atoms with Gasteiger partial charge in [-0.3, -0.25) is 9.59 Å². The van der Waals surface area contributed by atoms with Crippen LogP contribution in [-0.2, 0) is 4.79 Å². The summed E-state index contributed by atoms with van der Waals surface area (Å²) in [7, 11) is 3.93. The average Bonchev–Trinajstić information content (AvgIpc) is 2.93. The van der Waals surface area contributed by atoms with Gasteiger partial charge in [-0.25, -0.2) is 0 Å². The molecule has 2 aromatic heterocycles. The van der Waals surface area contributed by atoms with Gasteiger partial charge in [-0.05, 0) is 47.0 Å². The third-order valence-corrected chi connectivity index (χ3v) is 5.08. The highest BCUT2D eigenvalue weighted by molar-refractivity contribution is 5.89. The molecule has 0 saturated heterocycles. The topological polar surface area (TPSA) is 72.2 Å². The first-order chi connectivity index (χ1) is 13.3. The van der Waals surface area contributed by atoms with Crippen molar-refractivity contribution in [1.29, 1.82) is 0 Å². The molecular weight excluding hydrogens is 354 g/mol. The summed E-state index contributed by atoms with van der Waals surface area (Å²) in [6.07, 6.45) is 1.71. The fourth-order valence-electron chi connectivity index (χ4n) is 3.58. The van der Waals surface area contributed by atoms with Crippen molar-refractivity contribution in [3.63, 3.8) is 0 Å². The van der Waals surface area contributed by atoms with Crippen molar-refractivity contribution in [1.82, 2.24) is 24.6 Å². The number of nitrogens with zero attached hydrogens (tertiary/aromatic N) is 4. The van der Waals surface area contributed by atoms with Crippen molar-refractivity contribution in [2.75, 3.05) is 27.2 Å². The first-order valence-electron chi connectivity index (χ1n) is 9.40. The number of aromatic nitrogens is 3. The van der Waals surface area contributed by atoms with Gasteiger partial charge in [0.25, 0.3) is 5.56 Å². The number of hydrogen-bond acceptors (Lipinski definition) is 4. The molecule has 0 aliphatic carbocycles. The van der Waals surface area contributed by atoms with Crippen LogP contribution in [0.5, 0.6) is 0 Å². The third kappa shape index (κ3) is 3.57. The quantitative estimate of drug-likeness (QED) is 0.709. The minimum Gasteiger partial charge on any atom is -0.353 e. The summed E-state index contributed by atoms with van der Waals surface area (Å²) >= 11 is 0. The SMILES string of the molecule is Cc1c2cnn(-c3ccccc3)c(=O)c2c(C)n1C(C)C(=O)NCCN(C)C. The lowest BCUT2D eigenvalue weighted by Crippen LogP contribution is -2.36. The zero-order chi connectivity index (χ0) is 20.4. The number of hydrogen-bond donors (Lipinski definition) is 1. The highest BCUT2D eigenvalue weighted by Gasteiger charge is 2.23. The smallest absolute Gasteiger partial charge is 0.281 e. The van der Waals surface area contributed by atoms with Crippen molar-refractivity contribution < 1.29 is 4.79 Å². The molecular formula is C21H27N5O2. The lowest BCUT2D eigenvalue weighted by atomic mass is 10.2. The monoisotopic (exact) mass is 381 g/mol. The van der Waals surface area contributed by atoms with E-state index < -0.39 is 6.04 Å². The van der Waals surface area contributed by atoms with Crippen LogP contribution in [0.2, 0.25) is 0 Å². The van der Waals surface area contributed by atoms with Crippen LogP contribution in [0.1, 0.15) is 24.4 Å². The zero-order valence-electron chi connectivity index (χ0n) is 17.1. The lowest BCUT2D eigenvalue weighted by molar-refractivity contribution is -0.123. The number of fused-ring (bicyclic) bond motifs is 1. The number of para-hydroxylation sites is 1. The van der Waals surface area contributed by atoms with E-state index >= 15 is 0 Å². The highest BCUT2D eigenvalue weighted by Crippen LogP contribution is 2.26. The predicted molar refractivity (Wildman–Crippen MR) is 111 cm³/mol. The molecule has 0 radical (unpaired) electrons. The maximum Gasteiger partial charge on any atom is 0.281 e. The molecule has 7 nitrogen and oxygen atoms in total. The lowest BCUT2D eigenvalue weighted by Gasteiger charge is -2.19. The van der Waals surface area contributed by atoms with Crippen molar-refractivity contribution in [3.05, 3.63) is 58.3 Å². The molecule has 1 N–H and O–H groups in total. The molecule has 148 valence electrons. The van der Waals surface area contributed by atoms with Gasteiger partial charge in [-0.1, -0.05) is 18.2 Å². The van der Waals surface area contributed by atoms with Gasteiger partial charge in [0, 0.05) is 29.9 Å². The second-order valence-corrected chi connectivity index (χ2v) is 7.30. The maximum absolute atomic E-state index is 13.1. The Balaban J connectivity index is 2.02. The minimum atomic E-state index is -0.417. The fourth-order valence-corrected chi connectivity index (χ4v) is 3.58. The van der Waals surface area contributed by atoms with Crippen LogP contribution < -0.4 is 10.9 Å². The van der Waals surface area contributed by atoms with Crippen LogP contribution in [0.25, 0.3) is 16.5 Å². The molecule has 1 atom stereocenters. The van der Waals surface area contributed by atoms with Crippen molar-refractivity contribution in [2.45, 2.75) is 26.8 Å². The summed E-state index contributed by atoms with van der Waals surface area (Å²) in [5.74, 6) is -0.0651. The molecule has 0 bridgehead atoms. The normalized spacial score (nSPS) is 12.5. The molecule has 3 rings (SSSR count). The van der Waals surface area contributed by atoms with Crippen molar-refractivity contribution in [3.8, 4) is 5.69 Å². The van der Waals surface area contributed by atoms with Gasteiger partial charge in [0.05, 0.1) is 17.3 Å². The van der Waals surface area contributed by atoms with Gasteiger partial charge in [0.1, 0.15) is 6.04 Å². The number of carbonyl (C=O) groups is 1. The first kappa shape index (κ1) is 19.8. The number of carbonyl (C=O) groups excluding carboxylic acids is 1. The average molecular weight is 381 g/mol. The van der Waals surface area contributed by atoms with E-state index in [4.69, 9.17) is 0 Å². The molecule has 1 unspecified atom stereocenters. The van der Waals surface area contributed by atoms with E-state index in [1.807, 2.05) is 74.7 Å². The van der Waals surface area contributed by atoms with Crippen molar-refractivity contribution >= 4 is 16.7 Å². The van der Waals surface area contributed by atoms with Gasteiger partial charge in [-0.15, -0.1) is 0 Å². The summed E-state index contributed by atoms with van der Waals surface area (Å²) in [4.78, 5) is 27.8. The Morgan fingerprint density at radius 3 is 2.50 bits per heavy atom. The fraction of sp³-hybridized carbons (Fsp3) is 0.381. The Morgan fingerprint density at radius 2 is 1.86 bits per heavy atom.